The van der Waals surface area contributed by atoms with Gasteiger partial charge < -0.3 is 10.5 Å². The largest absolute Gasteiger partial charge is 0.378 e. The zero-order valence-electron chi connectivity index (χ0n) is 6.81. The van der Waals surface area contributed by atoms with Crippen molar-refractivity contribution < 1.29 is 5.11 Å². The quantitative estimate of drug-likeness (QED) is 0.399. The van der Waals surface area contributed by atoms with Crippen molar-refractivity contribution in [3.05, 3.63) is 0 Å². The van der Waals surface area contributed by atoms with Crippen molar-refractivity contribution in [1.82, 2.24) is 5.32 Å². The smallest absolute Gasteiger partial charge is 0.112 e. The van der Waals surface area contributed by atoms with Gasteiger partial charge in [0, 0.05) is 11.6 Å². The summed E-state index contributed by atoms with van der Waals surface area (Å²) in [6.45, 7) is 3.68. The van der Waals surface area contributed by atoms with E-state index in [1.54, 1.807) is 14.0 Å². The van der Waals surface area contributed by atoms with E-state index < -0.39 is 6.23 Å². The maximum atomic E-state index is 9.24. The molecule has 0 saturated carbocycles. The van der Waals surface area contributed by atoms with Crippen LogP contribution < -0.4 is 5.32 Å². The summed E-state index contributed by atoms with van der Waals surface area (Å²) in [6, 6.07) is 0. The molecule has 0 radical (unpaired) electrons. The van der Waals surface area contributed by atoms with Gasteiger partial charge in [-0.15, -0.1) is 0 Å². The predicted octanol–water partition coefficient (Wildman–Crippen LogP) is 0.590. The van der Waals surface area contributed by atoms with Crippen LogP contribution >= 0.6 is 0 Å². The van der Waals surface area contributed by atoms with Crippen LogP contribution in [0.15, 0.2) is 0 Å². The molecule has 0 heterocycles. The third-order valence-electron chi connectivity index (χ3n) is 1.67. The number of aliphatic hydroxyl groups excluding tert-OH is 1. The van der Waals surface area contributed by atoms with Gasteiger partial charge in [0.1, 0.15) is 6.23 Å². The summed E-state index contributed by atoms with van der Waals surface area (Å²) in [6.07, 6.45) is 0.236. The lowest BCUT2D eigenvalue weighted by molar-refractivity contribution is 0.109. The third-order valence-corrected chi connectivity index (χ3v) is 1.67. The van der Waals surface area contributed by atoms with Gasteiger partial charge >= 0.3 is 0 Å². The fourth-order valence-electron chi connectivity index (χ4n) is 0.967. The molecule has 3 nitrogen and oxygen atoms in total. The van der Waals surface area contributed by atoms with Crippen molar-refractivity contribution in [3.8, 4) is 0 Å². The van der Waals surface area contributed by atoms with Gasteiger partial charge in [-0.1, -0.05) is 6.92 Å². The molecular weight excluding hydrogens is 128 g/mol. The zero-order chi connectivity index (χ0) is 8.15. The average molecular weight is 144 g/mol. The second-order valence-electron chi connectivity index (χ2n) is 2.43. The molecule has 0 bridgehead atoms. The lowest BCUT2D eigenvalue weighted by atomic mass is 10.00. The Morgan fingerprint density at radius 1 is 1.70 bits per heavy atom. The Bertz CT molecular complexity index is 114. The average Bonchev–Trinajstić information content (AvgIpc) is 1.88. The summed E-state index contributed by atoms with van der Waals surface area (Å²) in [5.74, 6) is -0.0370. The first kappa shape index (κ1) is 9.59. The second-order valence-corrected chi connectivity index (χ2v) is 2.43. The van der Waals surface area contributed by atoms with Gasteiger partial charge in [0.15, 0.2) is 0 Å². The summed E-state index contributed by atoms with van der Waals surface area (Å²) in [5, 5.41) is 19.2. The Balaban J connectivity index is 3.92. The predicted molar refractivity (Wildman–Crippen MR) is 42.2 cm³/mol. The van der Waals surface area contributed by atoms with Crippen LogP contribution in [0.5, 0.6) is 0 Å². The molecule has 0 aliphatic rings. The number of nitrogens with one attached hydrogen (secondary N) is 2. The van der Waals surface area contributed by atoms with E-state index in [2.05, 4.69) is 5.32 Å². The van der Waals surface area contributed by atoms with E-state index >= 15 is 0 Å². The van der Waals surface area contributed by atoms with Crippen LogP contribution in [-0.4, -0.2) is 24.1 Å². The molecule has 0 aromatic rings. The summed E-state index contributed by atoms with van der Waals surface area (Å²) < 4.78 is 0. The molecule has 0 rings (SSSR count). The molecule has 0 saturated heterocycles. The summed E-state index contributed by atoms with van der Waals surface area (Å²) in [5.41, 5.74) is 0.532. The van der Waals surface area contributed by atoms with Crippen LogP contribution in [0.2, 0.25) is 0 Å². The minimum Gasteiger partial charge on any atom is -0.378 e. The molecule has 0 aliphatic carbocycles. The fourth-order valence-corrected chi connectivity index (χ4v) is 0.967. The van der Waals surface area contributed by atoms with Crippen molar-refractivity contribution in [2.45, 2.75) is 26.5 Å². The van der Waals surface area contributed by atoms with Gasteiger partial charge in [-0.2, -0.15) is 0 Å². The SMILES string of the molecule is CCC(C(C)=N)C(O)NC. The van der Waals surface area contributed by atoms with Crippen molar-refractivity contribution in [1.29, 1.82) is 5.41 Å². The molecule has 2 atom stereocenters. The molecule has 3 heteroatoms. The third kappa shape index (κ3) is 2.45. The van der Waals surface area contributed by atoms with Crippen LogP contribution in [0.4, 0.5) is 0 Å². The van der Waals surface area contributed by atoms with Crippen LogP contribution in [0.1, 0.15) is 20.3 Å². The topological polar surface area (TPSA) is 56.1 Å². The fraction of sp³-hybridized carbons (Fsp3) is 0.857. The summed E-state index contributed by atoms with van der Waals surface area (Å²) >= 11 is 0. The Morgan fingerprint density at radius 2 is 2.20 bits per heavy atom. The lowest BCUT2D eigenvalue weighted by Crippen LogP contribution is -2.36. The van der Waals surface area contributed by atoms with Crippen molar-refractivity contribution in [3.63, 3.8) is 0 Å². The molecule has 0 spiro atoms. The van der Waals surface area contributed by atoms with Gasteiger partial charge in [0.05, 0.1) is 0 Å². The minimum atomic E-state index is -0.567. The first-order valence-corrected chi connectivity index (χ1v) is 3.53. The Labute approximate surface area is 62.0 Å². The van der Waals surface area contributed by atoms with Crippen LogP contribution in [0.3, 0.4) is 0 Å². The van der Waals surface area contributed by atoms with Gasteiger partial charge in [-0.3, -0.25) is 5.32 Å². The van der Waals surface area contributed by atoms with E-state index in [0.29, 0.717) is 5.71 Å². The Kier molecular flexibility index (Phi) is 4.23. The molecule has 2 unspecified atom stereocenters. The molecular formula is C7H16N2O. The number of rotatable bonds is 4. The summed E-state index contributed by atoms with van der Waals surface area (Å²) in [4.78, 5) is 0. The molecule has 0 fully saturated rings. The van der Waals surface area contributed by atoms with Gasteiger partial charge in [-0.05, 0) is 20.4 Å². The zero-order valence-corrected chi connectivity index (χ0v) is 6.81. The molecule has 0 aliphatic heterocycles. The molecule has 3 N–H and O–H groups in total. The Morgan fingerprint density at radius 3 is 2.30 bits per heavy atom. The van der Waals surface area contributed by atoms with Crippen molar-refractivity contribution >= 4 is 5.71 Å². The van der Waals surface area contributed by atoms with Crippen molar-refractivity contribution in [2.24, 2.45) is 5.92 Å². The molecule has 0 aromatic heterocycles. The number of hydrogen-bond donors (Lipinski definition) is 3. The maximum Gasteiger partial charge on any atom is 0.112 e. The number of hydrogen-bond acceptors (Lipinski definition) is 3. The molecule has 0 aromatic carbocycles. The van der Waals surface area contributed by atoms with Crippen LogP contribution in [-0.2, 0) is 0 Å². The maximum absolute atomic E-state index is 9.24. The second kappa shape index (κ2) is 4.41. The van der Waals surface area contributed by atoms with E-state index in [0.717, 1.165) is 6.42 Å². The van der Waals surface area contributed by atoms with E-state index in [-0.39, 0.29) is 5.92 Å². The van der Waals surface area contributed by atoms with E-state index in [9.17, 15) is 5.11 Å². The lowest BCUT2D eigenvalue weighted by Gasteiger charge is -2.19. The monoisotopic (exact) mass is 144 g/mol. The van der Waals surface area contributed by atoms with E-state index in [4.69, 9.17) is 5.41 Å². The highest BCUT2D eigenvalue weighted by Gasteiger charge is 2.16. The van der Waals surface area contributed by atoms with E-state index in [1.165, 1.54) is 0 Å². The van der Waals surface area contributed by atoms with Gasteiger partial charge in [-0.25, -0.2) is 0 Å². The first-order chi connectivity index (χ1) is 4.63. The summed E-state index contributed by atoms with van der Waals surface area (Å²) in [7, 11) is 1.69. The minimum absolute atomic E-state index is 0.0370. The number of aliphatic hydroxyl groups is 1. The van der Waals surface area contributed by atoms with Crippen LogP contribution in [0.25, 0.3) is 0 Å². The van der Waals surface area contributed by atoms with Gasteiger partial charge in [0.2, 0.25) is 0 Å². The highest BCUT2D eigenvalue weighted by atomic mass is 16.3. The molecule has 10 heavy (non-hydrogen) atoms. The highest BCUT2D eigenvalue weighted by molar-refractivity contribution is 5.81. The van der Waals surface area contributed by atoms with Crippen molar-refractivity contribution in [2.75, 3.05) is 7.05 Å². The van der Waals surface area contributed by atoms with Gasteiger partial charge in [0.25, 0.3) is 0 Å². The molecule has 60 valence electrons. The highest BCUT2D eigenvalue weighted by Crippen LogP contribution is 2.07. The standard InChI is InChI=1S/C7H16N2O/c1-4-6(5(2)8)7(10)9-3/h6-10H,4H2,1-3H3. The Hall–Kier alpha value is -0.410. The van der Waals surface area contributed by atoms with E-state index in [1.807, 2.05) is 6.92 Å². The first-order valence-electron chi connectivity index (χ1n) is 3.53. The normalized spacial score (nSPS) is 16.4. The van der Waals surface area contributed by atoms with Crippen LogP contribution in [0, 0.1) is 11.3 Å². The molecule has 0 amide bonds.